The fourth-order valence-electron chi connectivity index (χ4n) is 3.60. The Bertz CT molecular complexity index is 819. The number of rotatable bonds is 2. The molecule has 0 aliphatic heterocycles. The minimum absolute atomic E-state index is 0.179. The number of ether oxygens (including phenoxy) is 1. The standard InChI is InChI=1S/C19H18FNO/c1-22-14-9-10-18-17(11-14)16-4-2-3-15(19(16)21-18)12-5-7-13(20)8-6-12/h5-11,15,21H,2-4H2,1H3. The van der Waals surface area contributed by atoms with Gasteiger partial charge in [-0.25, -0.2) is 4.39 Å². The summed E-state index contributed by atoms with van der Waals surface area (Å²) < 4.78 is 18.5. The second-order valence-corrected chi connectivity index (χ2v) is 5.93. The molecule has 1 aliphatic rings. The van der Waals surface area contributed by atoms with Crippen LogP contribution in [-0.4, -0.2) is 12.1 Å². The van der Waals surface area contributed by atoms with Crippen molar-refractivity contribution in [2.75, 3.05) is 7.11 Å². The summed E-state index contributed by atoms with van der Waals surface area (Å²) in [6.45, 7) is 0. The Balaban J connectivity index is 1.85. The van der Waals surface area contributed by atoms with E-state index in [4.69, 9.17) is 4.74 Å². The van der Waals surface area contributed by atoms with Gasteiger partial charge in [-0.05, 0) is 60.7 Å². The number of aromatic nitrogens is 1. The van der Waals surface area contributed by atoms with Gasteiger partial charge in [0.05, 0.1) is 7.11 Å². The Morgan fingerprint density at radius 3 is 2.73 bits per heavy atom. The van der Waals surface area contributed by atoms with Crippen LogP contribution < -0.4 is 4.74 Å². The molecule has 3 aromatic rings. The first-order valence-electron chi connectivity index (χ1n) is 7.70. The Labute approximate surface area is 128 Å². The van der Waals surface area contributed by atoms with Crippen LogP contribution >= 0.6 is 0 Å². The second-order valence-electron chi connectivity index (χ2n) is 5.93. The van der Waals surface area contributed by atoms with Crippen LogP contribution in [0, 0.1) is 5.82 Å². The van der Waals surface area contributed by atoms with Gasteiger partial charge in [0, 0.05) is 22.5 Å². The highest BCUT2D eigenvalue weighted by Crippen LogP contribution is 2.40. The zero-order valence-electron chi connectivity index (χ0n) is 12.5. The second kappa shape index (κ2) is 5.16. The van der Waals surface area contributed by atoms with Gasteiger partial charge in [0.1, 0.15) is 11.6 Å². The number of methoxy groups -OCH3 is 1. The lowest BCUT2D eigenvalue weighted by molar-refractivity contribution is 0.415. The summed E-state index contributed by atoms with van der Waals surface area (Å²) in [5.74, 6) is 1.03. The first-order chi connectivity index (χ1) is 10.8. The zero-order chi connectivity index (χ0) is 15.1. The molecular weight excluding hydrogens is 277 g/mol. The SMILES string of the molecule is COc1ccc2[nH]c3c(c2c1)CCCC3c1ccc(F)cc1. The molecule has 0 amide bonds. The van der Waals surface area contributed by atoms with Gasteiger partial charge < -0.3 is 9.72 Å². The molecule has 1 aromatic heterocycles. The molecule has 0 bridgehead atoms. The number of halogens is 1. The van der Waals surface area contributed by atoms with E-state index in [2.05, 4.69) is 17.1 Å². The Hall–Kier alpha value is -2.29. The van der Waals surface area contributed by atoms with Crippen molar-refractivity contribution in [2.45, 2.75) is 25.2 Å². The number of nitrogens with one attached hydrogen (secondary N) is 1. The summed E-state index contributed by atoms with van der Waals surface area (Å²) in [6, 6.07) is 13.1. The lowest BCUT2D eigenvalue weighted by Gasteiger charge is -2.23. The Kier molecular flexibility index (Phi) is 3.14. The van der Waals surface area contributed by atoms with Crippen molar-refractivity contribution in [3.63, 3.8) is 0 Å². The first kappa shape index (κ1) is 13.4. The molecule has 112 valence electrons. The fraction of sp³-hybridized carbons (Fsp3) is 0.263. The van der Waals surface area contributed by atoms with Gasteiger partial charge in [0.2, 0.25) is 0 Å². The third-order valence-electron chi connectivity index (χ3n) is 4.69. The third-order valence-corrected chi connectivity index (χ3v) is 4.69. The van der Waals surface area contributed by atoms with E-state index >= 15 is 0 Å². The minimum atomic E-state index is -0.179. The number of H-pyrrole nitrogens is 1. The average Bonchev–Trinajstić information content (AvgIpc) is 2.93. The van der Waals surface area contributed by atoms with Gasteiger partial charge in [-0.15, -0.1) is 0 Å². The van der Waals surface area contributed by atoms with Crippen LogP contribution in [0.1, 0.15) is 35.6 Å². The van der Waals surface area contributed by atoms with Crippen molar-refractivity contribution in [2.24, 2.45) is 0 Å². The first-order valence-corrected chi connectivity index (χ1v) is 7.70. The normalized spacial score (nSPS) is 17.5. The molecular formula is C19H18FNO. The van der Waals surface area contributed by atoms with Crippen LogP contribution in [0.3, 0.4) is 0 Å². The molecule has 4 rings (SSSR count). The quantitative estimate of drug-likeness (QED) is 0.723. The number of fused-ring (bicyclic) bond motifs is 3. The van der Waals surface area contributed by atoms with Gasteiger partial charge in [0.25, 0.3) is 0 Å². The summed E-state index contributed by atoms with van der Waals surface area (Å²) in [7, 11) is 1.70. The van der Waals surface area contributed by atoms with E-state index in [1.54, 1.807) is 19.2 Å². The van der Waals surface area contributed by atoms with E-state index in [1.807, 2.05) is 18.2 Å². The van der Waals surface area contributed by atoms with Gasteiger partial charge in [0.15, 0.2) is 0 Å². The van der Waals surface area contributed by atoms with Crippen molar-refractivity contribution in [1.82, 2.24) is 4.98 Å². The van der Waals surface area contributed by atoms with E-state index in [0.717, 1.165) is 30.5 Å². The lowest BCUT2D eigenvalue weighted by atomic mass is 9.82. The number of hydrogen-bond acceptors (Lipinski definition) is 1. The van der Waals surface area contributed by atoms with Crippen LogP contribution in [0.25, 0.3) is 10.9 Å². The molecule has 0 saturated carbocycles. The molecule has 1 aliphatic carbocycles. The van der Waals surface area contributed by atoms with Crippen LogP contribution in [0.2, 0.25) is 0 Å². The van der Waals surface area contributed by atoms with Crippen LogP contribution in [-0.2, 0) is 6.42 Å². The lowest BCUT2D eigenvalue weighted by Crippen LogP contribution is -2.10. The van der Waals surface area contributed by atoms with Gasteiger partial charge in [-0.2, -0.15) is 0 Å². The van der Waals surface area contributed by atoms with E-state index in [0.29, 0.717) is 5.92 Å². The molecule has 0 radical (unpaired) electrons. The van der Waals surface area contributed by atoms with Crippen molar-refractivity contribution in [3.05, 3.63) is 65.1 Å². The van der Waals surface area contributed by atoms with Crippen molar-refractivity contribution >= 4 is 10.9 Å². The molecule has 1 heterocycles. The molecule has 2 aromatic carbocycles. The molecule has 0 fully saturated rings. The maximum absolute atomic E-state index is 13.2. The summed E-state index contributed by atoms with van der Waals surface area (Å²) in [5, 5.41) is 1.25. The number of hydrogen-bond donors (Lipinski definition) is 1. The van der Waals surface area contributed by atoms with Crippen LogP contribution in [0.15, 0.2) is 42.5 Å². The molecule has 0 saturated heterocycles. The zero-order valence-corrected chi connectivity index (χ0v) is 12.5. The largest absolute Gasteiger partial charge is 0.497 e. The molecule has 1 atom stereocenters. The van der Waals surface area contributed by atoms with Gasteiger partial charge in [-0.1, -0.05) is 12.1 Å². The highest BCUT2D eigenvalue weighted by molar-refractivity contribution is 5.86. The smallest absolute Gasteiger partial charge is 0.123 e. The topological polar surface area (TPSA) is 25.0 Å². The highest BCUT2D eigenvalue weighted by atomic mass is 19.1. The van der Waals surface area contributed by atoms with Crippen molar-refractivity contribution < 1.29 is 9.13 Å². The van der Waals surface area contributed by atoms with Crippen LogP contribution in [0.4, 0.5) is 4.39 Å². The minimum Gasteiger partial charge on any atom is -0.497 e. The average molecular weight is 295 g/mol. The number of aryl methyl sites for hydroxylation is 1. The molecule has 22 heavy (non-hydrogen) atoms. The van der Waals surface area contributed by atoms with Crippen LogP contribution in [0.5, 0.6) is 5.75 Å². The van der Waals surface area contributed by atoms with E-state index in [9.17, 15) is 4.39 Å². The monoisotopic (exact) mass is 295 g/mol. The Morgan fingerprint density at radius 1 is 1.14 bits per heavy atom. The van der Waals surface area contributed by atoms with Gasteiger partial charge >= 0.3 is 0 Å². The molecule has 3 heteroatoms. The summed E-state index contributed by atoms with van der Waals surface area (Å²) >= 11 is 0. The molecule has 1 unspecified atom stereocenters. The van der Waals surface area contributed by atoms with Crippen molar-refractivity contribution in [3.8, 4) is 5.75 Å². The summed E-state index contributed by atoms with van der Waals surface area (Å²) in [5.41, 5.74) is 5.00. The Morgan fingerprint density at radius 2 is 1.95 bits per heavy atom. The number of benzene rings is 2. The summed E-state index contributed by atoms with van der Waals surface area (Å²) in [4.78, 5) is 3.58. The predicted molar refractivity (Wildman–Crippen MR) is 86.0 cm³/mol. The maximum Gasteiger partial charge on any atom is 0.123 e. The van der Waals surface area contributed by atoms with E-state index in [1.165, 1.54) is 22.2 Å². The number of aromatic amines is 1. The van der Waals surface area contributed by atoms with E-state index < -0.39 is 0 Å². The highest BCUT2D eigenvalue weighted by Gasteiger charge is 2.25. The van der Waals surface area contributed by atoms with E-state index in [-0.39, 0.29) is 5.82 Å². The molecule has 1 N–H and O–H groups in total. The molecule has 0 spiro atoms. The maximum atomic E-state index is 13.2. The third kappa shape index (κ3) is 2.08. The van der Waals surface area contributed by atoms with Crippen molar-refractivity contribution in [1.29, 1.82) is 0 Å². The molecule has 2 nitrogen and oxygen atoms in total. The summed E-state index contributed by atoms with van der Waals surface area (Å²) in [6.07, 6.45) is 3.34. The van der Waals surface area contributed by atoms with Gasteiger partial charge in [-0.3, -0.25) is 0 Å². The predicted octanol–water partition coefficient (Wildman–Crippen LogP) is 4.78. The fourth-order valence-corrected chi connectivity index (χ4v) is 3.60.